The van der Waals surface area contributed by atoms with E-state index in [9.17, 15) is 9.59 Å². The van der Waals surface area contributed by atoms with Crippen molar-refractivity contribution in [3.05, 3.63) is 96.7 Å². The van der Waals surface area contributed by atoms with Crippen LogP contribution >= 0.6 is 11.3 Å². The van der Waals surface area contributed by atoms with Crippen molar-refractivity contribution in [3.8, 4) is 17.2 Å². The number of ether oxygens (including phenoxy) is 4. The Morgan fingerprint density at radius 3 is 2.41 bits per heavy atom. The fourth-order valence-electron chi connectivity index (χ4n) is 5.05. The van der Waals surface area contributed by atoms with Crippen LogP contribution in [0.5, 0.6) is 17.2 Å². The van der Waals surface area contributed by atoms with E-state index in [4.69, 9.17) is 18.9 Å². The van der Waals surface area contributed by atoms with Crippen LogP contribution < -0.4 is 29.1 Å². The fraction of sp³-hybridized carbons (Fsp3) is 0.281. The first kappa shape index (κ1) is 28.2. The summed E-state index contributed by atoms with van der Waals surface area (Å²) in [5.74, 6) is 1.31. The van der Waals surface area contributed by atoms with Crippen molar-refractivity contribution in [1.82, 2.24) is 4.57 Å². The highest BCUT2D eigenvalue weighted by atomic mass is 32.1. The summed E-state index contributed by atoms with van der Waals surface area (Å²) in [5.41, 5.74) is 2.10. The van der Waals surface area contributed by atoms with Gasteiger partial charge in [0.2, 0.25) is 0 Å². The number of benzene rings is 3. The maximum Gasteiger partial charge on any atom is 0.338 e. The van der Waals surface area contributed by atoms with Gasteiger partial charge in [-0.05, 0) is 68.5 Å². The lowest BCUT2D eigenvalue weighted by Crippen LogP contribution is -2.40. The van der Waals surface area contributed by atoms with Gasteiger partial charge in [-0.2, -0.15) is 0 Å². The lowest BCUT2D eigenvalue weighted by Gasteiger charge is -2.25. The molecule has 1 unspecified atom stereocenters. The van der Waals surface area contributed by atoms with E-state index in [-0.39, 0.29) is 18.3 Å². The Kier molecular flexibility index (Phi) is 7.99. The number of methoxy groups -OCH3 is 2. The van der Waals surface area contributed by atoms with Crippen LogP contribution in [0.1, 0.15) is 44.9 Å². The number of carbonyl (C=O) groups is 1. The van der Waals surface area contributed by atoms with Crippen molar-refractivity contribution >= 4 is 34.2 Å². The van der Waals surface area contributed by atoms with Gasteiger partial charge in [0.25, 0.3) is 5.56 Å². The van der Waals surface area contributed by atoms with Gasteiger partial charge in [0.15, 0.2) is 16.3 Å². The zero-order valence-corrected chi connectivity index (χ0v) is 24.7. The molecule has 0 saturated carbocycles. The molecule has 0 spiro atoms. The molecule has 2 heterocycles. The van der Waals surface area contributed by atoms with Gasteiger partial charge in [-0.1, -0.05) is 47.7 Å². The lowest BCUT2D eigenvalue weighted by molar-refractivity contribution is -0.139. The maximum atomic E-state index is 14.1. The highest BCUT2D eigenvalue weighted by Crippen LogP contribution is 2.36. The summed E-state index contributed by atoms with van der Waals surface area (Å²) in [4.78, 5) is 32.5. The standard InChI is InChI=1S/C32H32N2O6S/c1-7-39-31(36)28-19(4)33-32-34(29(28)21-13-15-25(40-18(2)3)26(16-21)38-6)30(35)27(41-32)17-20-12-14-24(37-5)23-11-9-8-10-22(20)23/h8-18,29H,7H2,1-6H3/b27-17-. The predicted octanol–water partition coefficient (Wildman–Crippen LogP) is 4.76. The molecule has 0 N–H and O–H groups in total. The summed E-state index contributed by atoms with van der Waals surface area (Å²) >= 11 is 1.28. The van der Waals surface area contributed by atoms with E-state index < -0.39 is 12.0 Å². The number of carbonyl (C=O) groups excluding carboxylic acids is 1. The summed E-state index contributed by atoms with van der Waals surface area (Å²) in [5, 5.41) is 1.91. The van der Waals surface area contributed by atoms with E-state index in [1.54, 1.807) is 44.8 Å². The molecule has 9 heteroatoms. The SMILES string of the molecule is CCOC(=O)C1=C(C)N=c2s/c(=C\c3ccc(OC)c4ccccc34)c(=O)n2C1c1ccc(OC(C)C)c(OC)c1. The summed E-state index contributed by atoms with van der Waals surface area (Å²) in [6.45, 7) is 7.57. The summed E-state index contributed by atoms with van der Waals surface area (Å²) in [6, 6.07) is 16.4. The third kappa shape index (κ3) is 5.25. The number of rotatable bonds is 8. The van der Waals surface area contributed by atoms with Crippen molar-refractivity contribution in [2.45, 2.75) is 39.8 Å². The first-order valence-electron chi connectivity index (χ1n) is 13.4. The smallest absolute Gasteiger partial charge is 0.338 e. The minimum atomic E-state index is -0.762. The van der Waals surface area contributed by atoms with Crippen LogP contribution in [-0.2, 0) is 9.53 Å². The Balaban J connectivity index is 1.73. The van der Waals surface area contributed by atoms with Crippen LogP contribution in [0.2, 0.25) is 0 Å². The molecule has 5 rings (SSSR count). The van der Waals surface area contributed by atoms with Crippen LogP contribution in [-0.4, -0.2) is 37.5 Å². The number of aromatic nitrogens is 1. The van der Waals surface area contributed by atoms with Gasteiger partial charge in [-0.25, -0.2) is 9.79 Å². The molecular weight excluding hydrogens is 540 g/mol. The number of hydrogen-bond donors (Lipinski definition) is 0. The van der Waals surface area contributed by atoms with Gasteiger partial charge in [0.05, 0.1) is 48.8 Å². The van der Waals surface area contributed by atoms with Gasteiger partial charge in [-0.3, -0.25) is 9.36 Å². The summed E-state index contributed by atoms with van der Waals surface area (Å²) < 4.78 is 24.6. The molecule has 0 amide bonds. The second kappa shape index (κ2) is 11.6. The van der Waals surface area contributed by atoms with Crippen molar-refractivity contribution in [2.24, 2.45) is 4.99 Å². The number of esters is 1. The molecule has 1 aliphatic heterocycles. The summed E-state index contributed by atoms with van der Waals surface area (Å²) in [6.07, 6.45) is 1.81. The fourth-order valence-corrected chi connectivity index (χ4v) is 6.09. The maximum absolute atomic E-state index is 14.1. The molecule has 8 nitrogen and oxygen atoms in total. The molecule has 4 aromatic rings. The molecule has 212 valence electrons. The van der Waals surface area contributed by atoms with Gasteiger partial charge >= 0.3 is 5.97 Å². The lowest BCUT2D eigenvalue weighted by atomic mass is 9.95. The quantitative estimate of drug-likeness (QED) is 0.283. The molecule has 0 radical (unpaired) electrons. The van der Waals surface area contributed by atoms with E-state index in [1.165, 1.54) is 11.3 Å². The average Bonchev–Trinajstić information content (AvgIpc) is 3.26. The van der Waals surface area contributed by atoms with E-state index in [1.807, 2.05) is 62.4 Å². The third-order valence-corrected chi connectivity index (χ3v) is 7.79. The topological polar surface area (TPSA) is 88.4 Å². The van der Waals surface area contributed by atoms with E-state index in [0.717, 1.165) is 22.1 Å². The van der Waals surface area contributed by atoms with Crippen LogP contribution in [0.25, 0.3) is 16.8 Å². The molecule has 0 saturated heterocycles. The second-order valence-corrected chi connectivity index (χ2v) is 10.8. The Labute approximate surface area is 241 Å². The highest BCUT2D eigenvalue weighted by Gasteiger charge is 2.34. The monoisotopic (exact) mass is 572 g/mol. The van der Waals surface area contributed by atoms with Gasteiger partial charge in [0.1, 0.15) is 5.75 Å². The van der Waals surface area contributed by atoms with Crippen molar-refractivity contribution < 1.29 is 23.7 Å². The largest absolute Gasteiger partial charge is 0.496 e. The minimum absolute atomic E-state index is 0.0568. The van der Waals surface area contributed by atoms with E-state index in [0.29, 0.717) is 37.7 Å². The summed E-state index contributed by atoms with van der Waals surface area (Å²) in [7, 11) is 3.20. The van der Waals surface area contributed by atoms with Gasteiger partial charge in [-0.15, -0.1) is 0 Å². The van der Waals surface area contributed by atoms with Crippen molar-refractivity contribution in [1.29, 1.82) is 0 Å². The van der Waals surface area contributed by atoms with E-state index in [2.05, 4.69) is 4.99 Å². The zero-order chi connectivity index (χ0) is 29.3. The third-order valence-electron chi connectivity index (χ3n) is 6.81. The van der Waals surface area contributed by atoms with Crippen molar-refractivity contribution in [2.75, 3.05) is 20.8 Å². The van der Waals surface area contributed by atoms with Crippen LogP contribution in [0.4, 0.5) is 0 Å². The number of thiazole rings is 1. The van der Waals surface area contributed by atoms with Gasteiger partial charge < -0.3 is 18.9 Å². The highest BCUT2D eigenvalue weighted by molar-refractivity contribution is 7.07. The molecular formula is C32H32N2O6S. The number of nitrogens with zero attached hydrogens (tertiary/aromatic N) is 2. The average molecular weight is 573 g/mol. The Hall–Kier alpha value is -4.37. The Morgan fingerprint density at radius 1 is 1.02 bits per heavy atom. The zero-order valence-electron chi connectivity index (χ0n) is 23.9. The van der Waals surface area contributed by atoms with Gasteiger partial charge in [0, 0.05) is 5.39 Å². The normalized spacial score (nSPS) is 15.1. The molecule has 3 aromatic carbocycles. The van der Waals surface area contributed by atoms with Crippen LogP contribution in [0, 0.1) is 0 Å². The minimum Gasteiger partial charge on any atom is -0.496 e. The van der Waals surface area contributed by atoms with E-state index >= 15 is 0 Å². The molecule has 41 heavy (non-hydrogen) atoms. The Bertz CT molecular complexity index is 1850. The molecule has 0 bridgehead atoms. The Morgan fingerprint density at radius 2 is 1.73 bits per heavy atom. The molecule has 1 atom stereocenters. The molecule has 1 aliphatic rings. The van der Waals surface area contributed by atoms with Crippen LogP contribution in [0.3, 0.4) is 0 Å². The number of fused-ring (bicyclic) bond motifs is 2. The molecule has 0 fully saturated rings. The van der Waals surface area contributed by atoms with Crippen LogP contribution in [0.15, 0.2) is 75.7 Å². The predicted molar refractivity (Wildman–Crippen MR) is 160 cm³/mol. The first-order chi connectivity index (χ1) is 19.8. The number of allylic oxidation sites excluding steroid dienone is 1. The first-order valence-corrected chi connectivity index (χ1v) is 14.2. The second-order valence-electron chi connectivity index (χ2n) is 9.78. The van der Waals surface area contributed by atoms with Crippen molar-refractivity contribution in [3.63, 3.8) is 0 Å². The number of hydrogen-bond acceptors (Lipinski definition) is 8. The molecule has 0 aliphatic carbocycles. The molecule has 1 aromatic heterocycles.